The van der Waals surface area contributed by atoms with E-state index in [1.807, 2.05) is 25.1 Å². The van der Waals surface area contributed by atoms with E-state index in [0.717, 1.165) is 16.6 Å². The van der Waals surface area contributed by atoms with Crippen LogP contribution >= 0.6 is 0 Å². The molecule has 0 atom stereocenters. The molecule has 0 aliphatic heterocycles. The first-order valence-corrected chi connectivity index (χ1v) is 9.64. The smallest absolute Gasteiger partial charge is 0.261 e. The average Bonchev–Trinajstić information content (AvgIpc) is 2.60. The zero-order valence-corrected chi connectivity index (χ0v) is 15.2. The highest BCUT2D eigenvalue weighted by Gasteiger charge is 2.16. The Morgan fingerprint density at radius 2 is 1.85 bits per heavy atom. The summed E-state index contributed by atoms with van der Waals surface area (Å²) in [5.74, 6) is 0.0975. The highest BCUT2D eigenvalue weighted by molar-refractivity contribution is 7.92. The van der Waals surface area contributed by atoms with Crippen LogP contribution in [0.1, 0.15) is 17.7 Å². The summed E-state index contributed by atoms with van der Waals surface area (Å²) in [7, 11) is -3.70. The van der Waals surface area contributed by atoms with Gasteiger partial charge in [0.25, 0.3) is 10.0 Å². The number of anilines is 1. The molecule has 0 saturated carbocycles. The number of sulfonamides is 1. The predicted molar refractivity (Wildman–Crippen MR) is 104 cm³/mol. The van der Waals surface area contributed by atoms with Crippen molar-refractivity contribution in [1.82, 2.24) is 4.98 Å². The Kier molecular flexibility index (Phi) is 4.90. The quantitative estimate of drug-likeness (QED) is 0.458. The predicted octanol–water partition coefficient (Wildman–Crippen LogP) is 3.21. The van der Waals surface area contributed by atoms with Crippen LogP contribution in [0.4, 0.5) is 5.69 Å². The van der Waals surface area contributed by atoms with E-state index in [2.05, 4.69) is 9.71 Å². The van der Waals surface area contributed by atoms with Crippen molar-refractivity contribution in [2.24, 2.45) is 5.73 Å². The molecule has 3 rings (SSSR count). The maximum absolute atomic E-state index is 12.7. The SMILES string of the molecule is Cc1ccc(S(=O)(=O)Nc2cccc3ccc(CCC(=N)N)nc23)cc1. The first kappa shape index (κ1) is 17.9. The molecule has 0 fully saturated rings. The third-order valence-corrected chi connectivity index (χ3v) is 5.39. The second-order valence-corrected chi connectivity index (χ2v) is 7.81. The van der Waals surface area contributed by atoms with Gasteiger partial charge in [-0.15, -0.1) is 0 Å². The van der Waals surface area contributed by atoms with Gasteiger partial charge in [-0.25, -0.2) is 8.42 Å². The van der Waals surface area contributed by atoms with Crippen LogP contribution in [0.3, 0.4) is 0 Å². The van der Waals surface area contributed by atoms with Gasteiger partial charge in [0.15, 0.2) is 0 Å². The Balaban J connectivity index is 1.97. The van der Waals surface area contributed by atoms with Gasteiger partial charge in [-0.1, -0.05) is 35.9 Å². The number of aromatic nitrogens is 1. The summed E-state index contributed by atoms with van der Waals surface area (Å²) < 4.78 is 28.0. The maximum Gasteiger partial charge on any atom is 0.261 e. The lowest BCUT2D eigenvalue weighted by atomic mass is 10.1. The number of nitrogens with two attached hydrogens (primary N) is 1. The number of hydrogen-bond acceptors (Lipinski definition) is 4. The number of pyridine rings is 1. The molecule has 0 radical (unpaired) electrons. The Morgan fingerprint density at radius 3 is 2.54 bits per heavy atom. The number of benzene rings is 2. The number of amidine groups is 1. The highest BCUT2D eigenvalue weighted by atomic mass is 32.2. The molecule has 134 valence electrons. The fourth-order valence-electron chi connectivity index (χ4n) is 2.59. The molecule has 4 N–H and O–H groups in total. The number of para-hydroxylation sites is 1. The molecule has 0 aliphatic rings. The lowest BCUT2D eigenvalue weighted by Gasteiger charge is -2.11. The largest absolute Gasteiger partial charge is 0.388 e. The molecule has 26 heavy (non-hydrogen) atoms. The second-order valence-electron chi connectivity index (χ2n) is 6.12. The van der Waals surface area contributed by atoms with Gasteiger partial charge in [0.05, 0.1) is 21.9 Å². The van der Waals surface area contributed by atoms with Crippen molar-refractivity contribution in [3.8, 4) is 0 Å². The van der Waals surface area contributed by atoms with E-state index in [4.69, 9.17) is 11.1 Å². The van der Waals surface area contributed by atoms with E-state index in [0.29, 0.717) is 24.0 Å². The third kappa shape index (κ3) is 4.00. The fourth-order valence-corrected chi connectivity index (χ4v) is 3.66. The standard InChI is InChI=1S/C19H20N4O2S/c1-13-5-10-16(11-6-13)26(24,25)23-17-4-2-3-14-7-8-15(22-19(14)17)9-12-18(20)21/h2-8,10-11,23H,9,12H2,1H3,(H3,20,21). The molecule has 6 nitrogen and oxygen atoms in total. The van der Waals surface area contributed by atoms with E-state index in [1.165, 1.54) is 0 Å². The summed E-state index contributed by atoms with van der Waals surface area (Å²) in [6.45, 7) is 1.90. The zero-order chi connectivity index (χ0) is 18.7. The van der Waals surface area contributed by atoms with E-state index in [9.17, 15) is 8.42 Å². The summed E-state index contributed by atoms with van der Waals surface area (Å²) in [6, 6.07) is 15.8. The van der Waals surface area contributed by atoms with Gasteiger partial charge in [-0.05, 0) is 37.6 Å². The zero-order valence-electron chi connectivity index (χ0n) is 14.4. The molecule has 0 unspecified atom stereocenters. The molecular weight excluding hydrogens is 348 g/mol. The topological polar surface area (TPSA) is 109 Å². The molecule has 0 amide bonds. The van der Waals surface area contributed by atoms with E-state index in [1.54, 1.807) is 36.4 Å². The first-order valence-electron chi connectivity index (χ1n) is 8.16. The number of nitrogens with zero attached hydrogens (tertiary/aromatic N) is 1. The van der Waals surface area contributed by atoms with Gasteiger partial charge >= 0.3 is 0 Å². The number of fused-ring (bicyclic) bond motifs is 1. The average molecular weight is 368 g/mol. The van der Waals surface area contributed by atoms with Crippen LogP contribution in [0, 0.1) is 12.3 Å². The lowest BCUT2D eigenvalue weighted by molar-refractivity contribution is 0.601. The monoisotopic (exact) mass is 368 g/mol. The maximum atomic E-state index is 12.7. The molecule has 3 aromatic rings. The Bertz CT molecular complexity index is 1060. The fraction of sp³-hybridized carbons (Fsp3) is 0.158. The third-order valence-electron chi connectivity index (χ3n) is 4.00. The molecule has 7 heteroatoms. The Morgan fingerprint density at radius 1 is 1.12 bits per heavy atom. The molecule has 0 bridgehead atoms. The van der Waals surface area contributed by atoms with Crippen molar-refractivity contribution >= 4 is 32.4 Å². The van der Waals surface area contributed by atoms with Gasteiger partial charge in [0.1, 0.15) is 0 Å². The Labute approximate surface area is 152 Å². The van der Waals surface area contributed by atoms with Gasteiger partial charge in [-0.3, -0.25) is 15.1 Å². The minimum Gasteiger partial charge on any atom is -0.388 e. The Hall–Kier alpha value is -2.93. The van der Waals surface area contributed by atoms with Crippen LogP contribution in [0.15, 0.2) is 59.5 Å². The summed E-state index contributed by atoms with van der Waals surface area (Å²) >= 11 is 0. The van der Waals surface area contributed by atoms with E-state index in [-0.39, 0.29) is 10.7 Å². The summed E-state index contributed by atoms with van der Waals surface area (Å²) in [5, 5.41) is 8.17. The number of nitrogens with one attached hydrogen (secondary N) is 2. The van der Waals surface area contributed by atoms with Crippen LogP contribution in [-0.2, 0) is 16.4 Å². The minimum atomic E-state index is -3.70. The lowest BCUT2D eigenvalue weighted by Crippen LogP contribution is -2.13. The van der Waals surface area contributed by atoms with Crippen molar-refractivity contribution in [1.29, 1.82) is 5.41 Å². The summed E-state index contributed by atoms with van der Waals surface area (Å²) in [4.78, 5) is 4.76. The van der Waals surface area contributed by atoms with Gasteiger partial charge in [-0.2, -0.15) is 0 Å². The highest BCUT2D eigenvalue weighted by Crippen LogP contribution is 2.25. The summed E-state index contributed by atoms with van der Waals surface area (Å²) in [5.41, 5.74) is 8.15. The van der Waals surface area contributed by atoms with Gasteiger partial charge in [0.2, 0.25) is 0 Å². The number of aryl methyl sites for hydroxylation is 2. The molecule has 1 aromatic heterocycles. The second kappa shape index (κ2) is 7.13. The normalized spacial score (nSPS) is 11.4. The van der Waals surface area contributed by atoms with Crippen molar-refractivity contribution in [2.75, 3.05) is 4.72 Å². The van der Waals surface area contributed by atoms with Crippen molar-refractivity contribution in [2.45, 2.75) is 24.7 Å². The van der Waals surface area contributed by atoms with Crippen LogP contribution in [-0.4, -0.2) is 19.2 Å². The first-order chi connectivity index (χ1) is 12.3. The number of hydrogen-bond donors (Lipinski definition) is 3. The van der Waals surface area contributed by atoms with Crippen molar-refractivity contribution in [3.63, 3.8) is 0 Å². The van der Waals surface area contributed by atoms with Crippen LogP contribution < -0.4 is 10.5 Å². The van der Waals surface area contributed by atoms with Crippen molar-refractivity contribution < 1.29 is 8.42 Å². The van der Waals surface area contributed by atoms with E-state index >= 15 is 0 Å². The van der Waals surface area contributed by atoms with Crippen molar-refractivity contribution in [3.05, 3.63) is 65.9 Å². The number of rotatable bonds is 6. The van der Waals surface area contributed by atoms with Gasteiger partial charge in [0, 0.05) is 17.5 Å². The van der Waals surface area contributed by atoms with Crippen LogP contribution in [0.25, 0.3) is 10.9 Å². The van der Waals surface area contributed by atoms with Crippen LogP contribution in [0.2, 0.25) is 0 Å². The molecule has 0 spiro atoms. The minimum absolute atomic E-state index is 0.0975. The molecule has 0 saturated heterocycles. The molecule has 0 aliphatic carbocycles. The molecular formula is C19H20N4O2S. The van der Waals surface area contributed by atoms with Gasteiger partial charge < -0.3 is 5.73 Å². The molecule has 2 aromatic carbocycles. The summed E-state index contributed by atoms with van der Waals surface area (Å²) in [6.07, 6.45) is 0.945. The van der Waals surface area contributed by atoms with Crippen LogP contribution in [0.5, 0.6) is 0 Å². The van der Waals surface area contributed by atoms with E-state index < -0.39 is 10.0 Å². The molecule has 1 heterocycles.